The van der Waals surface area contributed by atoms with Gasteiger partial charge in [0, 0.05) is 23.5 Å². The molecule has 3 aromatic rings. The zero-order valence-electron chi connectivity index (χ0n) is 16.7. The van der Waals surface area contributed by atoms with Gasteiger partial charge in [-0.15, -0.1) is 0 Å². The van der Waals surface area contributed by atoms with Crippen LogP contribution in [0, 0.1) is 20.8 Å². The molecule has 0 spiro atoms. The van der Waals surface area contributed by atoms with Crippen molar-refractivity contribution in [3.63, 3.8) is 0 Å². The first kappa shape index (κ1) is 18.2. The minimum atomic E-state index is -0.223. The lowest BCUT2D eigenvalue weighted by Gasteiger charge is -2.24. The number of hydrogen-bond donors (Lipinski definition) is 1. The summed E-state index contributed by atoms with van der Waals surface area (Å²) in [7, 11) is 0. The molecule has 1 aromatic heterocycles. The number of nitrogens with zero attached hydrogens (tertiary/aromatic N) is 3. The van der Waals surface area contributed by atoms with E-state index in [1.54, 1.807) is 6.07 Å². The normalized spacial score (nSPS) is 15.4. The van der Waals surface area contributed by atoms with E-state index in [-0.39, 0.29) is 11.9 Å². The van der Waals surface area contributed by atoms with Crippen LogP contribution in [0.5, 0.6) is 0 Å². The molecule has 1 aliphatic heterocycles. The maximum absolute atomic E-state index is 12.9. The fraction of sp³-hybridized carbons (Fsp3) is 0.261. The number of hydrogen-bond acceptors (Lipinski definition) is 4. The summed E-state index contributed by atoms with van der Waals surface area (Å²) in [6.07, 6.45) is 0.962. The van der Waals surface area contributed by atoms with Crippen LogP contribution in [0.15, 0.2) is 48.5 Å². The second kappa shape index (κ2) is 7.08. The van der Waals surface area contributed by atoms with Crippen molar-refractivity contribution in [3.05, 3.63) is 76.7 Å². The number of amides is 1. The number of fused-ring (bicyclic) bond motifs is 1. The van der Waals surface area contributed by atoms with Crippen LogP contribution >= 0.6 is 0 Å². The van der Waals surface area contributed by atoms with E-state index in [1.807, 2.05) is 39.0 Å². The molecular weight excluding hydrogens is 348 g/mol. The van der Waals surface area contributed by atoms with Crippen LogP contribution < -0.4 is 10.2 Å². The van der Waals surface area contributed by atoms with Gasteiger partial charge in [-0.25, -0.2) is 9.97 Å². The molecule has 2 aromatic carbocycles. The molecule has 28 heavy (non-hydrogen) atoms. The van der Waals surface area contributed by atoms with E-state index in [4.69, 9.17) is 0 Å². The third-order valence-electron chi connectivity index (χ3n) is 5.14. The van der Waals surface area contributed by atoms with Crippen LogP contribution in [0.25, 0.3) is 0 Å². The summed E-state index contributed by atoms with van der Waals surface area (Å²) in [6.45, 7) is 8.02. The molecule has 1 amide bonds. The number of benzene rings is 2. The topological polar surface area (TPSA) is 58.1 Å². The summed E-state index contributed by atoms with van der Waals surface area (Å²) in [4.78, 5) is 24.1. The second-order valence-corrected chi connectivity index (χ2v) is 7.48. The van der Waals surface area contributed by atoms with Crippen molar-refractivity contribution in [2.75, 3.05) is 10.2 Å². The van der Waals surface area contributed by atoms with E-state index in [9.17, 15) is 4.79 Å². The Balaban J connectivity index is 1.67. The standard InChI is InChI=1S/C23H24N4O/c1-14-9-10-19(15(2)11-14)26-23(28)20-13-22(25-17(4)24-20)27-16(3)12-18-7-5-6-8-21(18)27/h5-11,13,16H,12H2,1-4H3,(H,26,28). The van der Waals surface area contributed by atoms with Gasteiger partial charge >= 0.3 is 0 Å². The first-order valence-electron chi connectivity index (χ1n) is 9.54. The van der Waals surface area contributed by atoms with Crippen molar-refractivity contribution >= 4 is 23.1 Å². The van der Waals surface area contributed by atoms with Gasteiger partial charge in [-0.05, 0) is 57.4 Å². The molecule has 0 radical (unpaired) electrons. The van der Waals surface area contributed by atoms with Gasteiger partial charge in [0.25, 0.3) is 5.91 Å². The molecule has 142 valence electrons. The fourth-order valence-electron chi connectivity index (χ4n) is 3.85. The molecule has 1 unspecified atom stereocenters. The van der Waals surface area contributed by atoms with Crippen molar-refractivity contribution in [3.8, 4) is 0 Å². The number of anilines is 3. The third-order valence-corrected chi connectivity index (χ3v) is 5.14. The van der Waals surface area contributed by atoms with Crippen LogP contribution in [0.1, 0.15) is 39.9 Å². The quantitative estimate of drug-likeness (QED) is 0.722. The lowest BCUT2D eigenvalue weighted by atomic mass is 10.1. The predicted molar refractivity (Wildman–Crippen MR) is 112 cm³/mol. The number of aromatic nitrogens is 2. The highest BCUT2D eigenvalue weighted by atomic mass is 16.1. The van der Waals surface area contributed by atoms with Gasteiger partial charge in [0.15, 0.2) is 0 Å². The molecule has 0 aliphatic carbocycles. The van der Waals surface area contributed by atoms with Gasteiger partial charge in [0.2, 0.25) is 0 Å². The molecular formula is C23H24N4O. The minimum absolute atomic E-state index is 0.223. The molecule has 2 heterocycles. The van der Waals surface area contributed by atoms with Crippen molar-refractivity contribution in [1.82, 2.24) is 9.97 Å². The number of carbonyl (C=O) groups is 1. The summed E-state index contributed by atoms with van der Waals surface area (Å²) in [5.74, 6) is 1.12. The number of para-hydroxylation sites is 1. The second-order valence-electron chi connectivity index (χ2n) is 7.48. The van der Waals surface area contributed by atoms with E-state index in [0.717, 1.165) is 34.7 Å². The minimum Gasteiger partial charge on any atom is -0.323 e. The molecule has 4 rings (SSSR count). The van der Waals surface area contributed by atoms with Gasteiger partial charge < -0.3 is 10.2 Å². The lowest BCUT2D eigenvalue weighted by molar-refractivity contribution is 0.102. The molecule has 0 saturated carbocycles. The average molecular weight is 372 g/mol. The summed E-state index contributed by atoms with van der Waals surface area (Å²) in [5.41, 5.74) is 5.81. The Morgan fingerprint density at radius 3 is 2.64 bits per heavy atom. The SMILES string of the molecule is Cc1ccc(NC(=O)c2cc(N3c4ccccc4CC3C)nc(C)n2)c(C)c1. The zero-order valence-corrected chi connectivity index (χ0v) is 16.7. The molecule has 1 atom stereocenters. The van der Waals surface area contributed by atoms with Crippen molar-refractivity contribution in [2.45, 2.75) is 40.2 Å². The number of rotatable bonds is 3. The maximum Gasteiger partial charge on any atom is 0.274 e. The molecule has 5 heteroatoms. The molecule has 0 fully saturated rings. The van der Waals surface area contributed by atoms with E-state index in [2.05, 4.69) is 51.4 Å². The zero-order chi connectivity index (χ0) is 19.8. The Labute approximate surface area is 165 Å². The van der Waals surface area contributed by atoms with Crippen LogP contribution in [0.2, 0.25) is 0 Å². The summed E-state index contributed by atoms with van der Waals surface area (Å²) < 4.78 is 0. The first-order valence-corrected chi connectivity index (χ1v) is 9.54. The lowest BCUT2D eigenvalue weighted by Crippen LogP contribution is -2.26. The number of carbonyl (C=O) groups excluding carboxylic acids is 1. The van der Waals surface area contributed by atoms with Gasteiger partial charge in [0.1, 0.15) is 17.3 Å². The number of nitrogens with one attached hydrogen (secondary N) is 1. The average Bonchev–Trinajstić information content (AvgIpc) is 2.99. The number of aryl methyl sites for hydroxylation is 3. The van der Waals surface area contributed by atoms with E-state index < -0.39 is 0 Å². The fourth-order valence-corrected chi connectivity index (χ4v) is 3.85. The van der Waals surface area contributed by atoms with Crippen molar-refractivity contribution in [2.24, 2.45) is 0 Å². The Kier molecular flexibility index (Phi) is 4.59. The molecule has 0 saturated heterocycles. The van der Waals surface area contributed by atoms with Gasteiger partial charge in [-0.1, -0.05) is 35.9 Å². The van der Waals surface area contributed by atoms with E-state index >= 15 is 0 Å². The van der Waals surface area contributed by atoms with Gasteiger partial charge in [-0.2, -0.15) is 0 Å². The first-order chi connectivity index (χ1) is 13.4. The highest BCUT2D eigenvalue weighted by Crippen LogP contribution is 2.37. The smallest absolute Gasteiger partial charge is 0.274 e. The molecule has 0 bridgehead atoms. The Hall–Kier alpha value is -3.21. The van der Waals surface area contributed by atoms with E-state index in [1.165, 1.54) is 5.56 Å². The van der Waals surface area contributed by atoms with Crippen LogP contribution in [-0.2, 0) is 6.42 Å². The highest BCUT2D eigenvalue weighted by molar-refractivity contribution is 6.03. The van der Waals surface area contributed by atoms with Gasteiger partial charge in [0.05, 0.1) is 0 Å². The van der Waals surface area contributed by atoms with E-state index in [0.29, 0.717) is 11.5 Å². The predicted octanol–water partition coefficient (Wildman–Crippen LogP) is 4.74. The van der Waals surface area contributed by atoms with Crippen LogP contribution in [0.3, 0.4) is 0 Å². The molecule has 1 N–H and O–H groups in total. The van der Waals surface area contributed by atoms with Crippen LogP contribution in [0.4, 0.5) is 17.2 Å². The largest absolute Gasteiger partial charge is 0.323 e. The van der Waals surface area contributed by atoms with Crippen molar-refractivity contribution < 1.29 is 4.79 Å². The summed E-state index contributed by atoms with van der Waals surface area (Å²) in [5, 5.41) is 2.98. The van der Waals surface area contributed by atoms with Gasteiger partial charge in [-0.3, -0.25) is 4.79 Å². The Morgan fingerprint density at radius 1 is 1.07 bits per heavy atom. The Morgan fingerprint density at radius 2 is 1.86 bits per heavy atom. The monoisotopic (exact) mass is 372 g/mol. The van der Waals surface area contributed by atoms with Crippen molar-refractivity contribution in [1.29, 1.82) is 0 Å². The van der Waals surface area contributed by atoms with Crippen LogP contribution in [-0.4, -0.2) is 21.9 Å². The third kappa shape index (κ3) is 3.36. The summed E-state index contributed by atoms with van der Waals surface area (Å²) in [6, 6.07) is 16.4. The highest BCUT2D eigenvalue weighted by Gasteiger charge is 2.28. The summed E-state index contributed by atoms with van der Waals surface area (Å²) >= 11 is 0. The molecule has 5 nitrogen and oxygen atoms in total. The molecule has 1 aliphatic rings. The Bertz CT molecular complexity index is 1060. The maximum atomic E-state index is 12.9.